The highest BCUT2D eigenvalue weighted by molar-refractivity contribution is 7.80. The van der Waals surface area contributed by atoms with E-state index in [0.717, 1.165) is 36.5 Å². The molecule has 1 atom stereocenters. The van der Waals surface area contributed by atoms with Crippen LogP contribution in [0.5, 0.6) is 0 Å². The lowest BCUT2D eigenvalue weighted by atomic mass is 10.1. The number of aryl methyl sites for hydroxylation is 1. The van der Waals surface area contributed by atoms with E-state index in [1.165, 1.54) is 6.42 Å². The van der Waals surface area contributed by atoms with Crippen molar-refractivity contribution in [1.29, 1.82) is 0 Å². The molecular formula is C13H21N5S. The Balaban J connectivity index is 2.12. The van der Waals surface area contributed by atoms with E-state index in [9.17, 15) is 0 Å². The summed E-state index contributed by atoms with van der Waals surface area (Å²) in [4.78, 5) is 2.72. The molecule has 3 N–H and O–H groups in total. The second-order valence-corrected chi connectivity index (χ2v) is 5.74. The van der Waals surface area contributed by atoms with Crippen LogP contribution in [0.4, 0.5) is 5.82 Å². The summed E-state index contributed by atoms with van der Waals surface area (Å²) in [6, 6.07) is 0. The fraction of sp³-hybridized carbons (Fsp3) is 0.615. The monoisotopic (exact) mass is 279 g/mol. The normalized spacial score (nSPS) is 19.6. The summed E-state index contributed by atoms with van der Waals surface area (Å²) in [6.07, 6.45) is 1.21. The average molecular weight is 279 g/mol. The van der Waals surface area contributed by atoms with Crippen molar-refractivity contribution in [3.05, 3.63) is 16.8 Å². The second kappa shape index (κ2) is 5.79. The van der Waals surface area contributed by atoms with Gasteiger partial charge in [-0.3, -0.25) is 0 Å². The van der Waals surface area contributed by atoms with Crippen LogP contribution in [0.25, 0.3) is 0 Å². The lowest BCUT2D eigenvalue weighted by Crippen LogP contribution is -2.23. The molecule has 0 aromatic carbocycles. The largest absolute Gasteiger partial charge is 0.389 e. The van der Waals surface area contributed by atoms with Gasteiger partial charge in [-0.05, 0) is 45.3 Å². The van der Waals surface area contributed by atoms with Crippen LogP contribution in [-0.4, -0.2) is 46.8 Å². The molecule has 2 rings (SSSR count). The van der Waals surface area contributed by atoms with E-state index in [-0.39, 0.29) is 0 Å². The molecule has 19 heavy (non-hydrogen) atoms. The van der Waals surface area contributed by atoms with Crippen molar-refractivity contribution in [3.63, 3.8) is 0 Å². The highest BCUT2D eigenvalue weighted by Crippen LogP contribution is 2.20. The van der Waals surface area contributed by atoms with Crippen LogP contribution >= 0.6 is 12.2 Å². The molecule has 2 heterocycles. The summed E-state index contributed by atoms with van der Waals surface area (Å²) >= 11 is 5.13. The standard InChI is InChI=1S/C13H21N5S/c1-8-9(2)16-17-13(11(8)12(14)19)15-6-10-4-5-18(3)7-10/h10H,4-7H2,1-3H3,(H2,14,19)(H,15,17). The first-order valence-electron chi connectivity index (χ1n) is 6.55. The molecule has 1 aromatic heterocycles. The maximum absolute atomic E-state index is 5.81. The first-order chi connectivity index (χ1) is 8.99. The zero-order valence-corrected chi connectivity index (χ0v) is 12.5. The Hall–Kier alpha value is -1.27. The number of rotatable bonds is 4. The SMILES string of the molecule is Cc1nnc(NCC2CCN(C)C2)c(C(N)=S)c1C. The number of likely N-dealkylation sites (tertiary alicyclic amines) is 1. The summed E-state index contributed by atoms with van der Waals surface area (Å²) in [5.41, 5.74) is 8.51. The number of nitrogens with two attached hydrogens (primary N) is 1. The molecule has 0 bridgehead atoms. The maximum Gasteiger partial charge on any atom is 0.159 e. The molecular weight excluding hydrogens is 258 g/mol. The highest BCUT2D eigenvalue weighted by Gasteiger charge is 2.20. The molecule has 5 nitrogen and oxygen atoms in total. The van der Waals surface area contributed by atoms with E-state index in [1.807, 2.05) is 13.8 Å². The molecule has 0 aliphatic carbocycles. The average Bonchev–Trinajstić information content (AvgIpc) is 2.76. The lowest BCUT2D eigenvalue weighted by molar-refractivity contribution is 0.399. The number of nitrogens with one attached hydrogen (secondary N) is 1. The maximum atomic E-state index is 5.81. The molecule has 0 amide bonds. The minimum Gasteiger partial charge on any atom is -0.389 e. The lowest BCUT2D eigenvalue weighted by Gasteiger charge is -2.16. The third-order valence-electron chi connectivity index (χ3n) is 3.75. The quantitative estimate of drug-likeness (QED) is 0.804. The highest BCUT2D eigenvalue weighted by atomic mass is 32.1. The molecule has 0 spiro atoms. The van der Waals surface area contributed by atoms with Gasteiger partial charge in [-0.2, -0.15) is 5.10 Å². The molecule has 1 aliphatic rings. The number of hydrogen-bond acceptors (Lipinski definition) is 5. The van der Waals surface area contributed by atoms with Crippen molar-refractivity contribution in [2.45, 2.75) is 20.3 Å². The first kappa shape index (κ1) is 14.1. The van der Waals surface area contributed by atoms with E-state index < -0.39 is 0 Å². The molecule has 1 saturated heterocycles. The topological polar surface area (TPSA) is 67.1 Å². The summed E-state index contributed by atoms with van der Waals surface area (Å²) in [6.45, 7) is 7.06. The molecule has 1 aromatic rings. The number of nitrogens with zero attached hydrogens (tertiary/aromatic N) is 3. The Labute approximate surface area is 119 Å². The van der Waals surface area contributed by atoms with E-state index >= 15 is 0 Å². The van der Waals surface area contributed by atoms with Gasteiger partial charge in [0.2, 0.25) is 0 Å². The Morgan fingerprint density at radius 3 is 2.79 bits per heavy atom. The van der Waals surface area contributed by atoms with E-state index in [4.69, 9.17) is 18.0 Å². The number of thiocarbonyl (C=S) groups is 1. The predicted octanol–water partition coefficient (Wildman–Crippen LogP) is 1.09. The van der Waals surface area contributed by atoms with Gasteiger partial charge in [0.15, 0.2) is 5.82 Å². The van der Waals surface area contributed by atoms with E-state index in [0.29, 0.717) is 16.7 Å². The van der Waals surface area contributed by atoms with Gasteiger partial charge in [-0.1, -0.05) is 12.2 Å². The fourth-order valence-electron chi connectivity index (χ4n) is 2.47. The molecule has 1 fully saturated rings. The third-order valence-corrected chi connectivity index (χ3v) is 3.95. The van der Waals surface area contributed by atoms with Crippen LogP contribution in [0, 0.1) is 19.8 Å². The van der Waals surface area contributed by atoms with Crippen LogP contribution < -0.4 is 11.1 Å². The summed E-state index contributed by atoms with van der Waals surface area (Å²) in [5.74, 6) is 1.36. The minimum absolute atomic E-state index is 0.376. The summed E-state index contributed by atoms with van der Waals surface area (Å²) in [7, 11) is 2.15. The van der Waals surface area contributed by atoms with Gasteiger partial charge in [-0.25, -0.2) is 0 Å². The molecule has 0 radical (unpaired) electrons. The van der Waals surface area contributed by atoms with Crippen LogP contribution in [0.3, 0.4) is 0 Å². The second-order valence-electron chi connectivity index (χ2n) is 5.30. The van der Waals surface area contributed by atoms with Crippen LogP contribution in [-0.2, 0) is 0 Å². The minimum atomic E-state index is 0.376. The predicted molar refractivity (Wildman–Crippen MR) is 81.5 cm³/mol. The molecule has 6 heteroatoms. The Bertz CT molecular complexity index is 488. The van der Waals surface area contributed by atoms with Gasteiger partial charge in [0, 0.05) is 13.1 Å². The van der Waals surface area contributed by atoms with Crippen molar-refractivity contribution in [2.24, 2.45) is 11.7 Å². The molecule has 104 valence electrons. The van der Waals surface area contributed by atoms with E-state index in [2.05, 4.69) is 27.5 Å². The van der Waals surface area contributed by atoms with Gasteiger partial charge in [-0.15, -0.1) is 5.10 Å². The zero-order chi connectivity index (χ0) is 14.0. The van der Waals surface area contributed by atoms with Crippen LogP contribution in [0.2, 0.25) is 0 Å². The Kier molecular flexibility index (Phi) is 4.31. The number of aromatic nitrogens is 2. The van der Waals surface area contributed by atoms with Gasteiger partial charge >= 0.3 is 0 Å². The fourth-order valence-corrected chi connectivity index (χ4v) is 2.72. The van der Waals surface area contributed by atoms with Crippen molar-refractivity contribution in [3.8, 4) is 0 Å². The Morgan fingerprint density at radius 2 is 2.21 bits per heavy atom. The van der Waals surface area contributed by atoms with Gasteiger partial charge < -0.3 is 16.0 Å². The zero-order valence-electron chi connectivity index (χ0n) is 11.7. The van der Waals surface area contributed by atoms with E-state index in [1.54, 1.807) is 0 Å². The van der Waals surface area contributed by atoms with Gasteiger partial charge in [0.1, 0.15) is 4.99 Å². The molecule has 1 aliphatic heterocycles. The molecule has 0 saturated carbocycles. The van der Waals surface area contributed by atoms with Crippen molar-refractivity contribution < 1.29 is 0 Å². The van der Waals surface area contributed by atoms with Gasteiger partial charge in [0.05, 0.1) is 11.3 Å². The van der Waals surface area contributed by atoms with Crippen LogP contribution in [0.1, 0.15) is 23.2 Å². The van der Waals surface area contributed by atoms with Crippen molar-refractivity contribution >= 4 is 23.0 Å². The summed E-state index contributed by atoms with van der Waals surface area (Å²) < 4.78 is 0. The number of hydrogen-bond donors (Lipinski definition) is 2. The third kappa shape index (κ3) is 3.19. The number of anilines is 1. The van der Waals surface area contributed by atoms with Gasteiger partial charge in [0.25, 0.3) is 0 Å². The van der Waals surface area contributed by atoms with Crippen molar-refractivity contribution in [1.82, 2.24) is 15.1 Å². The summed E-state index contributed by atoms with van der Waals surface area (Å²) in [5, 5.41) is 11.7. The molecule has 1 unspecified atom stereocenters. The van der Waals surface area contributed by atoms with Crippen LogP contribution in [0.15, 0.2) is 0 Å². The first-order valence-corrected chi connectivity index (χ1v) is 6.96. The Morgan fingerprint density at radius 1 is 1.47 bits per heavy atom. The smallest absolute Gasteiger partial charge is 0.159 e. The van der Waals surface area contributed by atoms with Crippen molar-refractivity contribution in [2.75, 3.05) is 32.0 Å².